The van der Waals surface area contributed by atoms with Crippen LogP contribution in [0.5, 0.6) is 0 Å². The van der Waals surface area contributed by atoms with E-state index in [2.05, 4.69) is 70.2 Å². The lowest BCUT2D eigenvalue weighted by molar-refractivity contribution is 1.34. The van der Waals surface area contributed by atoms with Gasteiger partial charge in [0.15, 0.2) is 0 Å². The highest BCUT2D eigenvalue weighted by atomic mass is 14.1. The van der Waals surface area contributed by atoms with Crippen LogP contribution in [0.1, 0.15) is 37.5 Å². The average molecular weight is 226 g/mol. The molecule has 0 aliphatic heterocycles. The molecule has 0 atom stereocenters. The smallest absolute Gasteiger partial charge is 0.0152 e. The maximum absolute atomic E-state index is 2.24. The number of hydrogen-bond acceptors (Lipinski definition) is 0. The Kier molecular flexibility index (Phi) is 4.96. The van der Waals surface area contributed by atoms with Gasteiger partial charge in [-0.2, -0.15) is 0 Å². The molecule has 0 saturated heterocycles. The summed E-state index contributed by atoms with van der Waals surface area (Å²) < 4.78 is 0. The largest absolute Gasteiger partial charge is 0.0876 e. The molecule has 0 bridgehead atoms. The molecule has 0 N–H and O–H groups in total. The first-order valence-electron chi connectivity index (χ1n) is 6.14. The quantitative estimate of drug-likeness (QED) is 0.619. The molecule has 1 aromatic carbocycles. The van der Waals surface area contributed by atoms with Crippen molar-refractivity contribution in [2.45, 2.75) is 34.6 Å². The Hall–Kier alpha value is -1.56. The number of hydrogen-bond donors (Lipinski definition) is 0. The van der Waals surface area contributed by atoms with E-state index in [1.54, 1.807) is 0 Å². The van der Waals surface area contributed by atoms with Crippen LogP contribution in [0.2, 0.25) is 0 Å². The zero-order valence-corrected chi connectivity index (χ0v) is 11.5. The highest BCUT2D eigenvalue weighted by molar-refractivity contribution is 5.81. The van der Waals surface area contributed by atoms with E-state index >= 15 is 0 Å². The van der Waals surface area contributed by atoms with E-state index in [1.165, 1.54) is 27.8 Å². The molecule has 0 spiro atoms. The Balaban J connectivity index is 3.32. The van der Waals surface area contributed by atoms with Crippen LogP contribution in [0.15, 0.2) is 48.1 Å². The Morgan fingerprint density at radius 2 is 1.82 bits per heavy atom. The Bertz CT molecular complexity index is 471. The van der Waals surface area contributed by atoms with Crippen LogP contribution in [-0.4, -0.2) is 0 Å². The van der Waals surface area contributed by atoms with Crippen molar-refractivity contribution in [2.75, 3.05) is 0 Å². The Labute approximate surface area is 105 Å². The predicted molar refractivity (Wildman–Crippen MR) is 78.1 cm³/mol. The summed E-state index contributed by atoms with van der Waals surface area (Å²) in [5, 5.41) is 0. The molecule has 0 nitrogen and oxygen atoms in total. The lowest BCUT2D eigenvalue weighted by Crippen LogP contribution is -1.91. The van der Waals surface area contributed by atoms with Crippen LogP contribution >= 0.6 is 0 Å². The molecule has 1 aromatic rings. The highest BCUT2D eigenvalue weighted by Crippen LogP contribution is 2.26. The van der Waals surface area contributed by atoms with Crippen molar-refractivity contribution in [3.63, 3.8) is 0 Å². The Morgan fingerprint density at radius 1 is 1.12 bits per heavy atom. The normalized spacial score (nSPS) is 13.5. The van der Waals surface area contributed by atoms with Crippen molar-refractivity contribution in [1.29, 1.82) is 0 Å². The molecule has 1 rings (SSSR count). The first-order valence-corrected chi connectivity index (χ1v) is 6.14. The monoisotopic (exact) mass is 226 g/mol. The van der Waals surface area contributed by atoms with Gasteiger partial charge in [0.25, 0.3) is 0 Å². The van der Waals surface area contributed by atoms with Gasteiger partial charge in [0.1, 0.15) is 0 Å². The summed E-state index contributed by atoms with van der Waals surface area (Å²) >= 11 is 0. The first-order chi connectivity index (χ1) is 8.10. The van der Waals surface area contributed by atoms with Crippen molar-refractivity contribution < 1.29 is 0 Å². The third-order valence-electron chi connectivity index (χ3n) is 2.99. The predicted octanol–water partition coefficient (Wildman–Crippen LogP) is 5.23. The van der Waals surface area contributed by atoms with Crippen LogP contribution < -0.4 is 0 Å². The summed E-state index contributed by atoms with van der Waals surface area (Å²) in [7, 11) is 0. The average Bonchev–Trinajstić information content (AvgIpc) is 2.31. The van der Waals surface area contributed by atoms with Gasteiger partial charge in [-0.05, 0) is 56.9 Å². The number of rotatable bonds is 3. The zero-order chi connectivity index (χ0) is 12.8. The fourth-order valence-corrected chi connectivity index (χ4v) is 1.90. The van der Waals surface area contributed by atoms with E-state index in [-0.39, 0.29) is 0 Å². The third-order valence-corrected chi connectivity index (χ3v) is 2.99. The molecule has 0 unspecified atom stereocenters. The summed E-state index contributed by atoms with van der Waals surface area (Å²) in [5.74, 6) is 0. The second kappa shape index (κ2) is 6.24. The molecule has 0 aliphatic carbocycles. The number of allylic oxidation sites excluding steroid dienone is 6. The number of aryl methyl sites for hydroxylation is 2. The van der Waals surface area contributed by atoms with Crippen LogP contribution in [0.4, 0.5) is 0 Å². The van der Waals surface area contributed by atoms with Gasteiger partial charge in [0.05, 0.1) is 0 Å². The molecule has 0 saturated carbocycles. The van der Waals surface area contributed by atoms with E-state index in [1.807, 2.05) is 6.92 Å². The van der Waals surface area contributed by atoms with Crippen LogP contribution in [0.25, 0.3) is 5.57 Å². The summed E-state index contributed by atoms with van der Waals surface area (Å²) in [5.41, 5.74) is 6.60. The highest BCUT2D eigenvalue weighted by Gasteiger charge is 2.05. The molecule has 0 fully saturated rings. The van der Waals surface area contributed by atoms with Crippen LogP contribution in [0.3, 0.4) is 0 Å². The summed E-state index contributed by atoms with van der Waals surface area (Å²) in [6, 6.07) is 6.63. The van der Waals surface area contributed by atoms with Gasteiger partial charge in [-0.15, -0.1) is 0 Å². The second-order valence-electron chi connectivity index (χ2n) is 4.40. The van der Waals surface area contributed by atoms with E-state index in [0.717, 1.165) is 0 Å². The second-order valence-corrected chi connectivity index (χ2v) is 4.40. The molecular formula is C17H22. The van der Waals surface area contributed by atoms with E-state index in [4.69, 9.17) is 0 Å². The lowest BCUT2D eigenvalue weighted by Gasteiger charge is -2.11. The molecule has 0 amide bonds. The topological polar surface area (TPSA) is 0 Å². The molecule has 0 heteroatoms. The summed E-state index contributed by atoms with van der Waals surface area (Å²) in [6.45, 7) is 10.6. The van der Waals surface area contributed by atoms with Crippen molar-refractivity contribution in [3.05, 3.63) is 64.8 Å². The molecule has 0 heterocycles. The van der Waals surface area contributed by atoms with E-state index in [9.17, 15) is 0 Å². The molecule has 90 valence electrons. The maximum atomic E-state index is 2.24. The Morgan fingerprint density at radius 3 is 2.35 bits per heavy atom. The molecule has 0 aromatic heterocycles. The van der Waals surface area contributed by atoms with Gasteiger partial charge < -0.3 is 0 Å². The van der Waals surface area contributed by atoms with Crippen molar-refractivity contribution in [3.8, 4) is 0 Å². The van der Waals surface area contributed by atoms with Gasteiger partial charge in [-0.3, -0.25) is 0 Å². The summed E-state index contributed by atoms with van der Waals surface area (Å²) in [4.78, 5) is 0. The van der Waals surface area contributed by atoms with E-state index < -0.39 is 0 Å². The van der Waals surface area contributed by atoms with Gasteiger partial charge in [-0.25, -0.2) is 0 Å². The van der Waals surface area contributed by atoms with Crippen molar-refractivity contribution >= 4 is 5.57 Å². The zero-order valence-electron chi connectivity index (χ0n) is 11.5. The fraction of sp³-hybridized carbons (Fsp3) is 0.294. The van der Waals surface area contributed by atoms with Crippen molar-refractivity contribution in [1.82, 2.24) is 0 Å². The summed E-state index contributed by atoms with van der Waals surface area (Å²) in [6.07, 6.45) is 8.51. The van der Waals surface area contributed by atoms with Crippen LogP contribution in [0, 0.1) is 13.8 Å². The molecule has 17 heavy (non-hydrogen) atoms. The maximum Gasteiger partial charge on any atom is -0.0152 e. The van der Waals surface area contributed by atoms with Gasteiger partial charge >= 0.3 is 0 Å². The van der Waals surface area contributed by atoms with Gasteiger partial charge in [0, 0.05) is 0 Å². The minimum atomic E-state index is 1.31. The molecular weight excluding hydrogens is 204 g/mol. The van der Waals surface area contributed by atoms with Gasteiger partial charge in [0.2, 0.25) is 0 Å². The standard InChI is InChI=1S/C17H22/c1-6-8-9-16(14(4)7-2)17-11-10-13(3)12-15(17)5/h6-12H,1-5H3/b8-6-,14-7-,16-9+. The minimum absolute atomic E-state index is 1.31. The van der Waals surface area contributed by atoms with Crippen molar-refractivity contribution in [2.24, 2.45) is 0 Å². The molecule has 0 radical (unpaired) electrons. The molecule has 0 aliphatic rings. The van der Waals surface area contributed by atoms with E-state index in [0.29, 0.717) is 0 Å². The first kappa shape index (κ1) is 13.5. The third kappa shape index (κ3) is 3.45. The van der Waals surface area contributed by atoms with Gasteiger partial charge in [-0.1, -0.05) is 48.1 Å². The van der Waals surface area contributed by atoms with Crippen LogP contribution in [-0.2, 0) is 0 Å². The fourth-order valence-electron chi connectivity index (χ4n) is 1.90. The SMILES string of the molecule is C\C=C/C=C(\C(C)=C/C)c1ccc(C)cc1C. The number of benzene rings is 1. The lowest BCUT2D eigenvalue weighted by atomic mass is 9.93. The minimum Gasteiger partial charge on any atom is -0.0876 e.